The molecule has 0 bridgehead atoms. The normalized spacial score (nSPS) is 24.2. The summed E-state index contributed by atoms with van der Waals surface area (Å²) in [6.45, 7) is 0.900. The Morgan fingerprint density at radius 2 is 1.81 bits per heavy atom. The van der Waals surface area contributed by atoms with Crippen LogP contribution in [0.25, 0.3) is 0 Å². The molecule has 194 valence electrons. The summed E-state index contributed by atoms with van der Waals surface area (Å²) >= 11 is 0. The fraction of sp³-hybridized carbons (Fsp3) is 0.692. The van der Waals surface area contributed by atoms with Crippen LogP contribution in [0.1, 0.15) is 87.1 Å². The third kappa shape index (κ3) is 4.66. The average Bonchev–Trinajstić information content (AvgIpc) is 3.65. The largest absolute Gasteiger partial charge is 0.340 e. The van der Waals surface area contributed by atoms with Crippen molar-refractivity contribution in [1.82, 2.24) is 24.8 Å². The van der Waals surface area contributed by atoms with Gasteiger partial charge in [0.15, 0.2) is 0 Å². The molecular formula is C26H35F2N7O. The summed E-state index contributed by atoms with van der Waals surface area (Å²) in [5.74, 6) is -0.205. The Hall–Kier alpha value is -2.78. The number of aromatic nitrogens is 4. The zero-order valence-corrected chi connectivity index (χ0v) is 20.7. The molecule has 2 aromatic heterocycles. The molecule has 8 nitrogen and oxygen atoms in total. The van der Waals surface area contributed by atoms with Crippen LogP contribution in [0.3, 0.4) is 0 Å². The molecule has 2 aliphatic heterocycles. The number of hydrogen-bond donors (Lipinski definition) is 2. The number of halogens is 2. The maximum absolute atomic E-state index is 13.6. The van der Waals surface area contributed by atoms with Crippen molar-refractivity contribution in [2.75, 3.05) is 29.9 Å². The number of piperidine rings is 1. The van der Waals surface area contributed by atoms with Gasteiger partial charge in [-0.3, -0.25) is 4.79 Å². The van der Waals surface area contributed by atoms with Gasteiger partial charge in [0, 0.05) is 49.7 Å². The summed E-state index contributed by atoms with van der Waals surface area (Å²) in [6, 6.07) is -0.398. The average molecular weight is 500 g/mol. The van der Waals surface area contributed by atoms with Gasteiger partial charge in [0.25, 0.3) is 5.92 Å². The summed E-state index contributed by atoms with van der Waals surface area (Å²) in [7, 11) is 0. The van der Waals surface area contributed by atoms with E-state index in [9.17, 15) is 13.6 Å². The first-order valence-corrected chi connectivity index (χ1v) is 13.6. The maximum Gasteiger partial charge on any atom is 0.251 e. The lowest BCUT2D eigenvalue weighted by molar-refractivity contribution is -0.138. The van der Waals surface area contributed by atoms with Crippen LogP contribution in [0.2, 0.25) is 0 Å². The highest BCUT2D eigenvalue weighted by Crippen LogP contribution is 2.35. The molecule has 2 aromatic rings. The quantitative estimate of drug-likeness (QED) is 0.620. The first-order valence-electron chi connectivity index (χ1n) is 13.6. The number of amides is 1. The minimum Gasteiger partial charge on any atom is -0.340 e. The van der Waals surface area contributed by atoms with E-state index < -0.39 is 12.0 Å². The van der Waals surface area contributed by atoms with Crippen LogP contribution in [0.5, 0.6) is 0 Å². The third-order valence-corrected chi connectivity index (χ3v) is 8.40. The van der Waals surface area contributed by atoms with E-state index in [0.29, 0.717) is 30.8 Å². The predicted octanol–water partition coefficient (Wildman–Crippen LogP) is 4.71. The number of anilines is 3. The highest BCUT2D eigenvalue weighted by Gasteiger charge is 2.41. The van der Waals surface area contributed by atoms with Gasteiger partial charge >= 0.3 is 0 Å². The topological polar surface area (TPSA) is 90.0 Å². The number of alkyl halides is 2. The SMILES string of the molecule is O=C(C1CCCN1c1nc2c(c(Nc3ncc(C4CCCCC4)[nH]3)n1)CCC2)N1CCC(F)(F)CC1. The molecule has 3 fully saturated rings. The van der Waals surface area contributed by atoms with Gasteiger partial charge in [0.1, 0.15) is 11.9 Å². The molecule has 2 saturated heterocycles. The molecule has 6 rings (SSSR count). The molecule has 2 aliphatic carbocycles. The summed E-state index contributed by atoms with van der Waals surface area (Å²) in [4.78, 5) is 34.7. The lowest BCUT2D eigenvalue weighted by Crippen LogP contribution is -2.50. The van der Waals surface area contributed by atoms with Crippen LogP contribution in [0.4, 0.5) is 26.5 Å². The van der Waals surface area contributed by atoms with E-state index in [-0.39, 0.29) is 31.8 Å². The first-order chi connectivity index (χ1) is 17.5. The van der Waals surface area contributed by atoms with Crippen molar-refractivity contribution in [2.45, 2.75) is 94.9 Å². The Kier molecular flexibility index (Phi) is 6.29. The number of aromatic amines is 1. The Morgan fingerprint density at radius 3 is 2.61 bits per heavy atom. The molecule has 0 radical (unpaired) electrons. The lowest BCUT2D eigenvalue weighted by Gasteiger charge is -2.35. The first kappa shape index (κ1) is 23.6. The van der Waals surface area contributed by atoms with E-state index in [1.165, 1.54) is 37.8 Å². The van der Waals surface area contributed by atoms with Gasteiger partial charge in [0.2, 0.25) is 17.8 Å². The molecule has 1 saturated carbocycles. The zero-order chi connectivity index (χ0) is 24.7. The number of rotatable bonds is 5. The van der Waals surface area contributed by atoms with Crippen molar-refractivity contribution in [3.63, 3.8) is 0 Å². The molecule has 36 heavy (non-hydrogen) atoms. The Morgan fingerprint density at radius 1 is 1.00 bits per heavy atom. The van der Waals surface area contributed by atoms with Crippen molar-refractivity contribution in [3.8, 4) is 0 Å². The highest BCUT2D eigenvalue weighted by atomic mass is 19.3. The van der Waals surface area contributed by atoms with E-state index in [1.807, 2.05) is 11.1 Å². The van der Waals surface area contributed by atoms with Gasteiger partial charge in [-0.25, -0.2) is 18.7 Å². The maximum atomic E-state index is 13.6. The van der Waals surface area contributed by atoms with E-state index >= 15 is 0 Å². The van der Waals surface area contributed by atoms with Crippen molar-refractivity contribution in [3.05, 3.63) is 23.1 Å². The van der Waals surface area contributed by atoms with Crippen LogP contribution in [0, 0.1) is 0 Å². The van der Waals surface area contributed by atoms with Gasteiger partial charge in [-0.1, -0.05) is 19.3 Å². The fourth-order valence-electron chi connectivity index (χ4n) is 6.31. The molecule has 10 heteroatoms. The summed E-state index contributed by atoms with van der Waals surface area (Å²) in [5, 5.41) is 3.42. The van der Waals surface area contributed by atoms with Crippen LogP contribution in [0.15, 0.2) is 6.20 Å². The lowest BCUT2D eigenvalue weighted by atomic mass is 9.87. The summed E-state index contributed by atoms with van der Waals surface area (Å²) in [6.07, 6.45) is 12.0. The van der Waals surface area contributed by atoms with E-state index in [1.54, 1.807) is 4.90 Å². The number of carbonyl (C=O) groups is 1. The molecular weight excluding hydrogens is 464 g/mol. The molecule has 1 atom stereocenters. The standard InChI is InChI=1S/C26H35F2N7O/c27-26(28)11-14-34(15-12-26)23(36)21-10-5-13-35(21)25-31-19-9-4-8-18(19)22(33-25)32-24-29-16-20(30-24)17-6-2-1-3-7-17/h16-17,21H,1-15H2,(H2,29,30,31,32,33). The smallest absolute Gasteiger partial charge is 0.251 e. The molecule has 4 heterocycles. The summed E-state index contributed by atoms with van der Waals surface area (Å²) < 4.78 is 27.3. The van der Waals surface area contributed by atoms with E-state index in [0.717, 1.165) is 42.8 Å². The number of likely N-dealkylation sites (tertiary alicyclic amines) is 1. The van der Waals surface area contributed by atoms with Gasteiger partial charge in [-0.2, -0.15) is 4.98 Å². The van der Waals surface area contributed by atoms with Crippen LogP contribution >= 0.6 is 0 Å². The van der Waals surface area contributed by atoms with Crippen molar-refractivity contribution < 1.29 is 13.6 Å². The van der Waals surface area contributed by atoms with Crippen LogP contribution < -0.4 is 10.2 Å². The number of nitrogens with one attached hydrogen (secondary N) is 2. The van der Waals surface area contributed by atoms with E-state index in [4.69, 9.17) is 9.97 Å². The Labute approximate surface area is 210 Å². The van der Waals surface area contributed by atoms with Gasteiger partial charge in [-0.05, 0) is 44.9 Å². The molecule has 4 aliphatic rings. The second-order valence-corrected chi connectivity index (χ2v) is 10.8. The second kappa shape index (κ2) is 9.59. The van der Waals surface area contributed by atoms with Gasteiger partial charge < -0.3 is 20.1 Å². The van der Waals surface area contributed by atoms with Crippen molar-refractivity contribution >= 4 is 23.6 Å². The second-order valence-electron chi connectivity index (χ2n) is 10.8. The fourth-order valence-corrected chi connectivity index (χ4v) is 6.31. The minimum atomic E-state index is -2.67. The molecule has 0 spiro atoms. The number of H-pyrrole nitrogens is 1. The van der Waals surface area contributed by atoms with Crippen LogP contribution in [-0.4, -0.2) is 62.3 Å². The monoisotopic (exact) mass is 499 g/mol. The van der Waals surface area contributed by atoms with Gasteiger partial charge in [-0.15, -0.1) is 0 Å². The number of aryl methyl sites for hydroxylation is 1. The molecule has 2 N–H and O–H groups in total. The van der Waals surface area contributed by atoms with Crippen molar-refractivity contribution in [2.24, 2.45) is 0 Å². The Bertz CT molecular complexity index is 1100. The van der Waals surface area contributed by atoms with Crippen molar-refractivity contribution in [1.29, 1.82) is 0 Å². The number of carbonyl (C=O) groups excluding carboxylic acids is 1. The molecule has 1 amide bonds. The van der Waals surface area contributed by atoms with Gasteiger partial charge in [0.05, 0.1) is 11.9 Å². The zero-order valence-electron chi connectivity index (χ0n) is 20.7. The third-order valence-electron chi connectivity index (χ3n) is 8.40. The highest BCUT2D eigenvalue weighted by molar-refractivity contribution is 5.85. The number of fused-ring (bicyclic) bond motifs is 1. The minimum absolute atomic E-state index is 0.0789. The molecule has 0 aromatic carbocycles. The summed E-state index contributed by atoms with van der Waals surface area (Å²) in [5.41, 5.74) is 3.33. The van der Waals surface area contributed by atoms with E-state index in [2.05, 4.69) is 15.3 Å². The number of imidazole rings is 1. The predicted molar refractivity (Wildman–Crippen MR) is 133 cm³/mol. The number of hydrogen-bond acceptors (Lipinski definition) is 6. The van der Waals surface area contributed by atoms with Crippen LogP contribution in [-0.2, 0) is 17.6 Å². The Balaban J connectivity index is 1.22. The molecule has 1 unspecified atom stereocenters. The number of nitrogens with zero attached hydrogens (tertiary/aromatic N) is 5.